The molecule has 1 aromatic heterocycles. The van der Waals surface area contributed by atoms with Gasteiger partial charge in [-0.3, -0.25) is 4.98 Å². The second-order valence-electron chi connectivity index (χ2n) is 3.88. The van der Waals surface area contributed by atoms with Gasteiger partial charge in [-0.15, -0.1) is 0 Å². The summed E-state index contributed by atoms with van der Waals surface area (Å²) in [5.74, 6) is -0.576. The van der Waals surface area contributed by atoms with E-state index in [1.807, 2.05) is 0 Å². The molecule has 0 saturated heterocycles. The zero-order valence-electron chi connectivity index (χ0n) is 9.42. The number of rotatable bonds is 1. The molecular formula is C13H9F4N. The number of hydrogen-bond donors (Lipinski definition) is 0. The number of hydrogen-bond acceptors (Lipinski definition) is 1. The van der Waals surface area contributed by atoms with Crippen LogP contribution in [0.15, 0.2) is 36.7 Å². The predicted molar refractivity (Wildman–Crippen MR) is 59.4 cm³/mol. The van der Waals surface area contributed by atoms with Crippen LogP contribution in [0.3, 0.4) is 0 Å². The molecule has 0 unspecified atom stereocenters. The van der Waals surface area contributed by atoms with Gasteiger partial charge < -0.3 is 0 Å². The van der Waals surface area contributed by atoms with Crippen molar-refractivity contribution >= 4 is 0 Å². The number of aryl methyl sites for hydroxylation is 1. The van der Waals surface area contributed by atoms with Crippen molar-refractivity contribution < 1.29 is 17.6 Å². The van der Waals surface area contributed by atoms with E-state index < -0.39 is 17.6 Å². The summed E-state index contributed by atoms with van der Waals surface area (Å²) in [6.45, 7) is 1.63. The molecule has 5 heteroatoms. The topological polar surface area (TPSA) is 12.9 Å². The van der Waals surface area contributed by atoms with Gasteiger partial charge in [0.2, 0.25) is 0 Å². The van der Waals surface area contributed by atoms with Crippen molar-refractivity contribution in [2.75, 3.05) is 0 Å². The molecule has 0 N–H and O–H groups in total. The monoisotopic (exact) mass is 255 g/mol. The molecule has 0 aliphatic rings. The lowest BCUT2D eigenvalue weighted by atomic mass is 9.97. The third kappa shape index (κ3) is 2.34. The van der Waals surface area contributed by atoms with Crippen molar-refractivity contribution in [1.29, 1.82) is 0 Å². The van der Waals surface area contributed by atoms with Gasteiger partial charge in [-0.05, 0) is 36.2 Å². The number of aromatic nitrogens is 1. The van der Waals surface area contributed by atoms with Crippen molar-refractivity contribution in [1.82, 2.24) is 4.98 Å². The van der Waals surface area contributed by atoms with Gasteiger partial charge in [0.05, 0.1) is 5.56 Å². The maximum atomic E-state index is 13.2. The van der Waals surface area contributed by atoms with Gasteiger partial charge in [-0.2, -0.15) is 13.2 Å². The quantitative estimate of drug-likeness (QED) is 0.695. The van der Waals surface area contributed by atoms with E-state index >= 15 is 0 Å². The Morgan fingerprint density at radius 3 is 2.44 bits per heavy atom. The summed E-state index contributed by atoms with van der Waals surface area (Å²) in [6.07, 6.45) is -2.32. The van der Waals surface area contributed by atoms with E-state index in [4.69, 9.17) is 0 Å². The highest BCUT2D eigenvalue weighted by Crippen LogP contribution is 2.37. The average molecular weight is 255 g/mol. The van der Waals surface area contributed by atoms with E-state index in [1.165, 1.54) is 12.1 Å². The molecule has 1 aromatic carbocycles. The minimum absolute atomic E-state index is 0.109. The van der Waals surface area contributed by atoms with Crippen molar-refractivity contribution in [3.05, 3.63) is 53.6 Å². The number of pyridine rings is 1. The summed E-state index contributed by atoms with van der Waals surface area (Å²) in [4.78, 5) is 3.68. The Bertz CT molecular complexity index is 575. The summed E-state index contributed by atoms with van der Waals surface area (Å²) in [5.41, 5.74) is -0.154. The van der Waals surface area contributed by atoms with Gasteiger partial charge in [0, 0.05) is 18.0 Å². The van der Waals surface area contributed by atoms with Crippen LogP contribution in [-0.4, -0.2) is 4.98 Å². The summed E-state index contributed by atoms with van der Waals surface area (Å²) < 4.78 is 51.7. The van der Waals surface area contributed by atoms with Crippen molar-refractivity contribution in [3.63, 3.8) is 0 Å². The van der Waals surface area contributed by atoms with Crippen LogP contribution in [0.4, 0.5) is 17.6 Å². The fourth-order valence-corrected chi connectivity index (χ4v) is 1.74. The van der Waals surface area contributed by atoms with Crippen LogP contribution in [0.5, 0.6) is 0 Å². The maximum absolute atomic E-state index is 13.2. The van der Waals surface area contributed by atoms with Crippen molar-refractivity contribution in [2.45, 2.75) is 13.1 Å². The number of alkyl halides is 3. The van der Waals surface area contributed by atoms with E-state index in [1.54, 1.807) is 6.92 Å². The molecule has 18 heavy (non-hydrogen) atoms. The molecule has 1 heterocycles. The molecule has 0 radical (unpaired) electrons. The third-order valence-electron chi connectivity index (χ3n) is 2.62. The molecule has 0 bridgehead atoms. The molecule has 2 aromatic rings. The van der Waals surface area contributed by atoms with Crippen LogP contribution in [0.1, 0.15) is 11.1 Å². The first-order chi connectivity index (χ1) is 8.39. The Kier molecular flexibility index (Phi) is 3.07. The van der Waals surface area contributed by atoms with E-state index in [0.717, 1.165) is 24.5 Å². The van der Waals surface area contributed by atoms with Gasteiger partial charge in [0.15, 0.2) is 0 Å². The van der Waals surface area contributed by atoms with E-state index in [2.05, 4.69) is 4.98 Å². The Labute approximate surface area is 101 Å². The Balaban J connectivity index is 2.68. The smallest absolute Gasteiger partial charge is 0.264 e. The summed E-state index contributed by atoms with van der Waals surface area (Å²) in [7, 11) is 0. The number of nitrogens with zero attached hydrogens (tertiary/aromatic N) is 1. The predicted octanol–water partition coefficient (Wildman–Crippen LogP) is 4.21. The molecule has 2 rings (SSSR count). The fourth-order valence-electron chi connectivity index (χ4n) is 1.74. The second-order valence-corrected chi connectivity index (χ2v) is 3.88. The highest BCUT2D eigenvalue weighted by atomic mass is 19.4. The van der Waals surface area contributed by atoms with Crippen LogP contribution in [0.2, 0.25) is 0 Å². The van der Waals surface area contributed by atoms with E-state index in [9.17, 15) is 17.6 Å². The van der Waals surface area contributed by atoms with E-state index in [-0.39, 0.29) is 11.1 Å². The first-order valence-electron chi connectivity index (χ1n) is 5.17. The molecule has 0 amide bonds. The van der Waals surface area contributed by atoms with Gasteiger partial charge >= 0.3 is 6.18 Å². The molecule has 0 aliphatic heterocycles. The SMILES string of the molecule is Cc1ccc(F)cc1-c1cnccc1C(F)(F)F. The fraction of sp³-hybridized carbons (Fsp3) is 0.154. The van der Waals surface area contributed by atoms with Gasteiger partial charge in [0.25, 0.3) is 0 Å². The molecule has 0 saturated carbocycles. The normalized spacial score (nSPS) is 11.6. The first-order valence-corrected chi connectivity index (χ1v) is 5.17. The zero-order valence-corrected chi connectivity index (χ0v) is 9.42. The molecule has 0 fully saturated rings. The standard InChI is InChI=1S/C13H9F4N/c1-8-2-3-9(14)6-10(8)11-7-18-5-4-12(11)13(15,16)17/h2-7H,1H3. The lowest BCUT2D eigenvalue weighted by Crippen LogP contribution is -2.07. The van der Waals surface area contributed by atoms with Crippen LogP contribution in [0, 0.1) is 12.7 Å². The van der Waals surface area contributed by atoms with Crippen LogP contribution >= 0.6 is 0 Å². The molecule has 0 spiro atoms. The minimum atomic E-state index is -4.49. The highest BCUT2D eigenvalue weighted by Gasteiger charge is 2.33. The number of benzene rings is 1. The lowest BCUT2D eigenvalue weighted by Gasteiger charge is -2.13. The minimum Gasteiger partial charge on any atom is -0.264 e. The summed E-state index contributed by atoms with van der Waals surface area (Å²) >= 11 is 0. The van der Waals surface area contributed by atoms with Crippen LogP contribution < -0.4 is 0 Å². The average Bonchev–Trinajstić information content (AvgIpc) is 2.31. The highest BCUT2D eigenvalue weighted by molar-refractivity contribution is 5.70. The first kappa shape index (κ1) is 12.5. The zero-order chi connectivity index (χ0) is 13.3. The van der Waals surface area contributed by atoms with Crippen molar-refractivity contribution in [2.24, 2.45) is 0 Å². The van der Waals surface area contributed by atoms with Crippen molar-refractivity contribution in [3.8, 4) is 11.1 Å². The van der Waals surface area contributed by atoms with Crippen LogP contribution in [-0.2, 0) is 6.18 Å². The molecule has 0 aliphatic carbocycles. The number of halogens is 4. The van der Waals surface area contributed by atoms with Gasteiger partial charge in [-0.1, -0.05) is 6.07 Å². The Morgan fingerprint density at radius 2 is 1.78 bits per heavy atom. The molecule has 94 valence electrons. The van der Waals surface area contributed by atoms with E-state index in [0.29, 0.717) is 5.56 Å². The largest absolute Gasteiger partial charge is 0.417 e. The Hall–Kier alpha value is -1.91. The Morgan fingerprint density at radius 1 is 1.06 bits per heavy atom. The third-order valence-corrected chi connectivity index (χ3v) is 2.62. The second kappa shape index (κ2) is 4.40. The molecule has 0 atom stereocenters. The summed E-state index contributed by atoms with van der Waals surface area (Å²) in [5, 5.41) is 0. The lowest BCUT2D eigenvalue weighted by molar-refractivity contribution is -0.137. The molecular weight excluding hydrogens is 246 g/mol. The van der Waals surface area contributed by atoms with Crippen LogP contribution in [0.25, 0.3) is 11.1 Å². The van der Waals surface area contributed by atoms with Gasteiger partial charge in [-0.25, -0.2) is 4.39 Å². The summed E-state index contributed by atoms with van der Waals surface area (Å²) in [6, 6.07) is 4.63. The van der Waals surface area contributed by atoms with Gasteiger partial charge in [0.1, 0.15) is 5.82 Å². The maximum Gasteiger partial charge on any atom is 0.417 e. The molecule has 1 nitrogen and oxygen atoms in total.